The maximum atomic E-state index is 10.6. The van der Waals surface area contributed by atoms with Crippen LogP contribution in [0.2, 0.25) is 0 Å². The minimum atomic E-state index is -0.840. The maximum absolute atomic E-state index is 10.6. The van der Waals surface area contributed by atoms with E-state index in [4.69, 9.17) is 5.11 Å². The topological polar surface area (TPSA) is 67.2 Å². The van der Waals surface area contributed by atoms with Gasteiger partial charge in [-0.2, -0.15) is 5.10 Å². The molecule has 0 saturated heterocycles. The van der Waals surface area contributed by atoms with Crippen LogP contribution in [0.5, 0.6) is 0 Å². The summed E-state index contributed by atoms with van der Waals surface area (Å²) in [7, 11) is 1.92. The number of fused-ring (bicyclic) bond motifs is 1. The van der Waals surface area contributed by atoms with Crippen molar-refractivity contribution in [2.24, 2.45) is 0 Å². The largest absolute Gasteiger partial charge is 0.480 e. The summed E-state index contributed by atoms with van der Waals surface area (Å²) in [5.41, 5.74) is 2.23. The Bertz CT molecular complexity index is 373. The van der Waals surface area contributed by atoms with Gasteiger partial charge in [-0.25, -0.2) is 0 Å². The molecule has 0 amide bonds. The molecule has 1 aromatic heterocycles. The number of nitrogens with zero attached hydrogens (tertiary/aromatic N) is 2. The van der Waals surface area contributed by atoms with Crippen LogP contribution in [-0.2, 0) is 17.8 Å². The van der Waals surface area contributed by atoms with Gasteiger partial charge in [-0.3, -0.25) is 9.48 Å². The summed E-state index contributed by atoms with van der Waals surface area (Å²) in [6.07, 6.45) is 4.91. The summed E-state index contributed by atoms with van der Waals surface area (Å²) in [6, 6.07) is 0.330. The van der Waals surface area contributed by atoms with Crippen molar-refractivity contribution in [2.75, 3.05) is 7.05 Å². The monoisotopic (exact) mass is 209 g/mol. The quantitative estimate of drug-likeness (QED) is 0.763. The molecule has 0 fully saturated rings. The lowest BCUT2D eigenvalue weighted by molar-refractivity contribution is -0.137. The number of rotatable bonds is 3. The highest BCUT2D eigenvalue weighted by atomic mass is 16.4. The average Bonchev–Trinajstić information content (AvgIpc) is 2.61. The summed E-state index contributed by atoms with van der Waals surface area (Å²) in [5.74, 6) is -0.840. The highest BCUT2D eigenvalue weighted by Crippen LogP contribution is 2.28. The van der Waals surface area contributed by atoms with E-state index in [1.807, 2.05) is 7.05 Å². The number of carbonyl (C=O) groups is 1. The predicted octanol–water partition coefficient (Wildman–Crippen LogP) is 0.565. The molecule has 1 aliphatic carbocycles. The third-order valence-electron chi connectivity index (χ3n) is 2.90. The number of carboxylic acid groups (broad SMARTS) is 1. The van der Waals surface area contributed by atoms with E-state index in [1.54, 1.807) is 10.9 Å². The van der Waals surface area contributed by atoms with Gasteiger partial charge in [0.1, 0.15) is 6.54 Å². The van der Waals surface area contributed by atoms with Crippen molar-refractivity contribution in [2.45, 2.75) is 31.8 Å². The van der Waals surface area contributed by atoms with E-state index in [-0.39, 0.29) is 6.54 Å². The van der Waals surface area contributed by atoms with Gasteiger partial charge in [0.2, 0.25) is 0 Å². The lowest BCUT2D eigenvalue weighted by atomic mass is 9.93. The Kier molecular flexibility index (Phi) is 2.73. The Labute approximate surface area is 88.1 Å². The summed E-state index contributed by atoms with van der Waals surface area (Å²) in [5, 5.41) is 16.1. The van der Waals surface area contributed by atoms with Crippen LogP contribution in [-0.4, -0.2) is 27.9 Å². The van der Waals surface area contributed by atoms with Gasteiger partial charge in [-0.05, 0) is 26.3 Å². The number of carboxylic acids is 1. The van der Waals surface area contributed by atoms with E-state index >= 15 is 0 Å². The van der Waals surface area contributed by atoms with Crippen LogP contribution in [0.1, 0.15) is 30.1 Å². The van der Waals surface area contributed by atoms with E-state index in [0.29, 0.717) is 6.04 Å². The molecule has 0 radical (unpaired) electrons. The number of hydrogen-bond donors (Lipinski definition) is 2. The molecule has 0 saturated carbocycles. The van der Waals surface area contributed by atoms with Crippen molar-refractivity contribution >= 4 is 5.97 Å². The van der Waals surface area contributed by atoms with Crippen molar-refractivity contribution in [3.63, 3.8) is 0 Å². The second-order valence-electron chi connectivity index (χ2n) is 3.83. The smallest absolute Gasteiger partial charge is 0.325 e. The molecule has 0 aromatic carbocycles. The van der Waals surface area contributed by atoms with Gasteiger partial charge < -0.3 is 10.4 Å². The Hall–Kier alpha value is -1.36. The Balaban J connectivity index is 2.29. The second kappa shape index (κ2) is 4.02. The average molecular weight is 209 g/mol. The maximum Gasteiger partial charge on any atom is 0.325 e. The second-order valence-corrected chi connectivity index (χ2v) is 3.83. The molecule has 2 N–H and O–H groups in total. The van der Waals surface area contributed by atoms with E-state index in [2.05, 4.69) is 10.4 Å². The van der Waals surface area contributed by atoms with Gasteiger partial charge in [0.15, 0.2) is 0 Å². The molecular weight excluding hydrogens is 194 g/mol. The van der Waals surface area contributed by atoms with E-state index < -0.39 is 5.97 Å². The molecule has 5 heteroatoms. The molecule has 1 atom stereocenters. The van der Waals surface area contributed by atoms with Crippen LogP contribution in [0, 0.1) is 0 Å². The zero-order valence-corrected chi connectivity index (χ0v) is 8.73. The molecule has 0 aliphatic heterocycles. The van der Waals surface area contributed by atoms with Gasteiger partial charge in [0, 0.05) is 17.3 Å². The molecule has 5 nitrogen and oxygen atoms in total. The van der Waals surface area contributed by atoms with Gasteiger partial charge in [0.05, 0.1) is 6.20 Å². The van der Waals surface area contributed by atoms with Crippen molar-refractivity contribution < 1.29 is 9.90 Å². The Morgan fingerprint density at radius 2 is 2.60 bits per heavy atom. The fourth-order valence-corrected chi connectivity index (χ4v) is 2.18. The molecule has 0 unspecified atom stereocenters. The standard InChI is InChI=1S/C10H15N3O2/c1-11-8-3-2-4-9-7(8)5-12-13(9)6-10(14)15/h5,8,11H,2-4,6H2,1H3,(H,14,15)/t8-/m1/s1. The van der Waals surface area contributed by atoms with E-state index in [9.17, 15) is 4.79 Å². The number of hydrogen-bond acceptors (Lipinski definition) is 3. The number of aromatic nitrogens is 2. The van der Waals surface area contributed by atoms with Gasteiger partial charge in [-0.15, -0.1) is 0 Å². The lowest BCUT2D eigenvalue weighted by Gasteiger charge is -2.22. The summed E-state index contributed by atoms with van der Waals surface area (Å²) < 4.78 is 1.60. The minimum absolute atomic E-state index is 0.0359. The van der Waals surface area contributed by atoms with E-state index in [1.165, 1.54) is 0 Å². The zero-order valence-electron chi connectivity index (χ0n) is 8.73. The van der Waals surface area contributed by atoms with Gasteiger partial charge in [-0.1, -0.05) is 0 Å². The first-order valence-corrected chi connectivity index (χ1v) is 5.16. The SMILES string of the molecule is CN[C@@H]1CCCc2c1cnn2CC(=O)O. The third kappa shape index (κ3) is 1.87. The molecule has 0 bridgehead atoms. The molecule has 15 heavy (non-hydrogen) atoms. The molecular formula is C10H15N3O2. The van der Waals surface area contributed by atoms with Crippen molar-refractivity contribution in [3.05, 3.63) is 17.5 Å². The van der Waals surface area contributed by atoms with E-state index in [0.717, 1.165) is 30.5 Å². The summed E-state index contributed by atoms with van der Waals surface area (Å²) in [6.45, 7) is -0.0359. The van der Waals surface area contributed by atoms with Crippen LogP contribution in [0.15, 0.2) is 6.20 Å². The van der Waals surface area contributed by atoms with Crippen LogP contribution < -0.4 is 5.32 Å². The van der Waals surface area contributed by atoms with Crippen LogP contribution in [0.4, 0.5) is 0 Å². The van der Waals surface area contributed by atoms with Crippen molar-refractivity contribution in [3.8, 4) is 0 Å². The predicted molar refractivity (Wildman–Crippen MR) is 54.6 cm³/mol. The lowest BCUT2D eigenvalue weighted by Crippen LogP contribution is -2.23. The summed E-state index contributed by atoms with van der Waals surface area (Å²) in [4.78, 5) is 10.6. The molecule has 0 spiro atoms. The first-order chi connectivity index (χ1) is 7.22. The Morgan fingerprint density at radius 1 is 1.80 bits per heavy atom. The van der Waals surface area contributed by atoms with Crippen molar-refractivity contribution in [1.29, 1.82) is 0 Å². The van der Waals surface area contributed by atoms with Crippen molar-refractivity contribution in [1.82, 2.24) is 15.1 Å². The zero-order chi connectivity index (χ0) is 10.8. The first-order valence-electron chi connectivity index (χ1n) is 5.16. The highest BCUT2D eigenvalue weighted by molar-refractivity contribution is 5.66. The van der Waals surface area contributed by atoms with Gasteiger partial charge in [0.25, 0.3) is 0 Å². The van der Waals surface area contributed by atoms with Gasteiger partial charge >= 0.3 is 5.97 Å². The van der Waals surface area contributed by atoms with Crippen LogP contribution in [0.25, 0.3) is 0 Å². The number of nitrogens with one attached hydrogen (secondary N) is 1. The number of aliphatic carboxylic acids is 1. The minimum Gasteiger partial charge on any atom is -0.480 e. The summed E-state index contributed by atoms with van der Waals surface area (Å²) >= 11 is 0. The normalized spacial score (nSPS) is 19.9. The molecule has 82 valence electrons. The molecule has 1 heterocycles. The fourth-order valence-electron chi connectivity index (χ4n) is 2.18. The van der Waals surface area contributed by atoms with Crippen LogP contribution >= 0.6 is 0 Å². The first kappa shape index (κ1) is 10.2. The van der Waals surface area contributed by atoms with Crippen LogP contribution in [0.3, 0.4) is 0 Å². The third-order valence-corrected chi connectivity index (χ3v) is 2.90. The Morgan fingerprint density at radius 3 is 3.27 bits per heavy atom. The molecule has 1 aromatic rings. The molecule has 1 aliphatic rings. The molecule has 2 rings (SSSR count). The highest BCUT2D eigenvalue weighted by Gasteiger charge is 2.23. The fraction of sp³-hybridized carbons (Fsp3) is 0.600.